The van der Waals surface area contributed by atoms with Crippen molar-refractivity contribution in [1.29, 1.82) is 0 Å². The van der Waals surface area contributed by atoms with Gasteiger partial charge >= 0.3 is 0 Å². The molecule has 0 saturated carbocycles. The Morgan fingerprint density at radius 1 is 1.00 bits per heavy atom. The van der Waals surface area contributed by atoms with Crippen molar-refractivity contribution in [2.24, 2.45) is 0 Å². The van der Waals surface area contributed by atoms with E-state index in [1.165, 1.54) is 0 Å². The molecule has 0 unspecified atom stereocenters. The van der Waals surface area contributed by atoms with Crippen LogP contribution in [0.2, 0.25) is 0 Å². The summed E-state index contributed by atoms with van der Waals surface area (Å²) in [6.07, 6.45) is 0.775. The smallest absolute Gasteiger partial charge is 0.142 e. The minimum Gasteiger partial charge on any atom is -0.491 e. The van der Waals surface area contributed by atoms with E-state index >= 15 is 0 Å². The molecule has 0 aliphatic heterocycles. The molecule has 3 aromatic rings. The largest absolute Gasteiger partial charge is 0.491 e. The molecule has 0 spiro atoms. The van der Waals surface area contributed by atoms with Crippen molar-refractivity contribution in [3.05, 3.63) is 65.7 Å². The van der Waals surface area contributed by atoms with E-state index in [0.29, 0.717) is 12.3 Å². The van der Waals surface area contributed by atoms with Crippen molar-refractivity contribution in [1.82, 2.24) is 4.98 Å². The number of anilines is 1. The second kappa shape index (κ2) is 6.41. The molecule has 0 fully saturated rings. The van der Waals surface area contributed by atoms with Crippen molar-refractivity contribution < 1.29 is 4.74 Å². The van der Waals surface area contributed by atoms with Gasteiger partial charge in [-0.3, -0.25) is 0 Å². The highest BCUT2D eigenvalue weighted by molar-refractivity contribution is 7.13. The van der Waals surface area contributed by atoms with Crippen molar-refractivity contribution in [2.45, 2.75) is 6.42 Å². The third-order valence-corrected chi connectivity index (χ3v) is 4.05. The number of benzene rings is 2. The second-order valence-corrected chi connectivity index (χ2v) is 5.50. The zero-order valence-electron chi connectivity index (χ0n) is 11.5. The molecule has 21 heavy (non-hydrogen) atoms. The summed E-state index contributed by atoms with van der Waals surface area (Å²) in [7, 11) is 0. The lowest BCUT2D eigenvalue weighted by Crippen LogP contribution is -2.03. The van der Waals surface area contributed by atoms with Gasteiger partial charge in [0.25, 0.3) is 0 Å². The molecule has 2 aromatic carbocycles. The Bertz CT molecular complexity index is 710. The number of rotatable bonds is 5. The second-order valence-electron chi connectivity index (χ2n) is 4.65. The number of nitrogens with two attached hydrogens (primary N) is 1. The predicted molar refractivity (Wildman–Crippen MR) is 87.6 cm³/mol. The Labute approximate surface area is 128 Å². The summed E-state index contributed by atoms with van der Waals surface area (Å²) in [6.45, 7) is 0.576. The number of thiazole rings is 1. The van der Waals surface area contributed by atoms with E-state index in [2.05, 4.69) is 22.5 Å². The average molecular weight is 296 g/mol. The summed E-state index contributed by atoms with van der Waals surface area (Å²) in [5, 5.41) is 3.13. The predicted octanol–water partition coefficient (Wildman–Crippen LogP) is 4.01. The molecule has 3 nitrogen and oxygen atoms in total. The molecule has 1 aromatic heterocycles. The number of aromatic nitrogens is 1. The number of para-hydroxylation sites is 2. The first kappa shape index (κ1) is 13.6. The van der Waals surface area contributed by atoms with Crippen LogP contribution >= 0.6 is 11.3 Å². The van der Waals surface area contributed by atoms with E-state index in [-0.39, 0.29) is 0 Å². The number of nitrogen functional groups attached to an aromatic ring is 1. The van der Waals surface area contributed by atoms with Crippen LogP contribution in [0.3, 0.4) is 0 Å². The van der Waals surface area contributed by atoms with Gasteiger partial charge in [-0.25, -0.2) is 4.98 Å². The summed E-state index contributed by atoms with van der Waals surface area (Å²) in [6, 6.07) is 17.7. The average Bonchev–Trinajstić information content (AvgIpc) is 2.99. The van der Waals surface area contributed by atoms with Gasteiger partial charge in [0.2, 0.25) is 0 Å². The maximum Gasteiger partial charge on any atom is 0.142 e. The monoisotopic (exact) mass is 296 g/mol. The lowest BCUT2D eigenvalue weighted by molar-refractivity contribution is 0.322. The van der Waals surface area contributed by atoms with Gasteiger partial charge in [0.15, 0.2) is 0 Å². The van der Waals surface area contributed by atoms with E-state index in [1.54, 1.807) is 11.3 Å². The van der Waals surface area contributed by atoms with Crippen molar-refractivity contribution in [2.75, 3.05) is 12.3 Å². The van der Waals surface area contributed by atoms with E-state index < -0.39 is 0 Å². The summed E-state index contributed by atoms with van der Waals surface area (Å²) < 4.78 is 5.70. The fraction of sp³-hybridized carbons (Fsp3) is 0.118. The van der Waals surface area contributed by atoms with Gasteiger partial charge in [0, 0.05) is 17.4 Å². The molecule has 0 saturated heterocycles. The van der Waals surface area contributed by atoms with Gasteiger partial charge < -0.3 is 10.5 Å². The fourth-order valence-electron chi connectivity index (χ4n) is 2.01. The van der Waals surface area contributed by atoms with Crippen LogP contribution in [-0.4, -0.2) is 11.6 Å². The molecule has 0 atom stereocenters. The Morgan fingerprint density at radius 2 is 1.76 bits per heavy atom. The van der Waals surface area contributed by atoms with Crippen LogP contribution in [-0.2, 0) is 6.42 Å². The lowest BCUT2D eigenvalue weighted by Gasteiger charge is -2.07. The number of hydrogen-bond donors (Lipinski definition) is 1. The molecule has 0 aliphatic carbocycles. The van der Waals surface area contributed by atoms with Gasteiger partial charge in [-0.15, -0.1) is 11.3 Å². The normalized spacial score (nSPS) is 10.5. The lowest BCUT2D eigenvalue weighted by atomic mass is 10.2. The molecule has 3 rings (SSSR count). The highest BCUT2D eigenvalue weighted by atomic mass is 32.1. The first-order chi connectivity index (χ1) is 10.3. The van der Waals surface area contributed by atoms with Crippen molar-refractivity contribution >= 4 is 17.0 Å². The third-order valence-electron chi connectivity index (χ3n) is 3.11. The maximum absolute atomic E-state index is 5.84. The molecule has 0 radical (unpaired) electrons. The van der Waals surface area contributed by atoms with Crippen LogP contribution in [0.25, 0.3) is 10.6 Å². The van der Waals surface area contributed by atoms with Gasteiger partial charge in [0.05, 0.1) is 18.0 Å². The third kappa shape index (κ3) is 3.41. The van der Waals surface area contributed by atoms with Crippen molar-refractivity contribution in [3.63, 3.8) is 0 Å². The minimum absolute atomic E-state index is 0.576. The molecule has 0 bridgehead atoms. The first-order valence-corrected chi connectivity index (χ1v) is 7.68. The van der Waals surface area contributed by atoms with E-state index in [1.807, 2.05) is 42.5 Å². The van der Waals surface area contributed by atoms with Crippen molar-refractivity contribution in [3.8, 4) is 16.3 Å². The summed E-state index contributed by atoms with van der Waals surface area (Å²) in [5.41, 5.74) is 8.71. The fourth-order valence-corrected chi connectivity index (χ4v) is 2.87. The van der Waals surface area contributed by atoms with Crippen LogP contribution < -0.4 is 10.5 Å². The summed E-state index contributed by atoms with van der Waals surface area (Å²) in [4.78, 5) is 4.64. The molecule has 2 N–H and O–H groups in total. The molecule has 0 aliphatic rings. The van der Waals surface area contributed by atoms with Crippen LogP contribution in [0.5, 0.6) is 5.75 Å². The zero-order valence-corrected chi connectivity index (χ0v) is 12.3. The zero-order chi connectivity index (χ0) is 14.5. The summed E-state index contributed by atoms with van der Waals surface area (Å²) in [5.74, 6) is 0.732. The van der Waals surface area contributed by atoms with Gasteiger partial charge in [-0.05, 0) is 12.1 Å². The Balaban J connectivity index is 1.60. The number of nitrogens with zero attached hydrogens (tertiary/aromatic N) is 1. The number of hydrogen-bond acceptors (Lipinski definition) is 4. The molecule has 4 heteroatoms. The molecule has 106 valence electrons. The van der Waals surface area contributed by atoms with E-state index in [9.17, 15) is 0 Å². The van der Waals surface area contributed by atoms with Crippen LogP contribution in [0.4, 0.5) is 5.69 Å². The highest BCUT2D eigenvalue weighted by Crippen LogP contribution is 2.24. The Hall–Kier alpha value is -2.33. The topological polar surface area (TPSA) is 48.1 Å². The number of ether oxygens (including phenoxy) is 1. The van der Waals surface area contributed by atoms with Gasteiger partial charge in [-0.2, -0.15) is 0 Å². The Kier molecular flexibility index (Phi) is 4.17. The molecular weight excluding hydrogens is 280 g/mol. The van der Waals surface area contributed by atoms with Crippen LogP contribution in [0.1, 0.15) is 5.69 Å². The van der Waals surface area contributed by atoms with Crippen LogP contribution in [0, 0.1) is 0 Å². The minimum atomic E-state index is 0.576. The SMILES string of the molecule is Nc1ccccc1OCCc1csc(-c2ccccc2)n1. The standard InChI is InChI=1S/C17H16N2OS/c18-15-8-4-5-9-16(15)20-11-10-14-12-21-17(19-14)13-6-2-1-3-7-13/h1-9,12H,10-11,18H2. The summed E-state index contributed by atoms with van der Waals surface area (Å²) >= 11 is 1.66. The van der Waals surface area contributed by atoms with E-state index in [4.69, 9.17) is 10.5 Å². The van der Waals surface area contributed by atoms with Crippen LogP contribution in [0.15, 0.2) is 60.0 Å². The Morgan fingerprint density at radius 3 is 2.57 bits per heavy atom. The van der Waals surface area contributed by atoms with Gasteiger partial charge in [-0.1, -0.05) is 42.5 Å². The van der Waals surface area contributed by atoms with E-state index in [0.717, 1.165) is 28.4 Å². The quantitative estimate of drug-likeness (QED) is 0.724. The highest BCUT2D eigenvalue weighted by Gasteiger charge is 2.05. The molecule has 1 heterocycles. The van der Waals surface area contributed by atoms with Gasteiger partial charge in [0.1, 0.15) is 10.8 Å². The first-order valence-electron chi connectivity index (χ1n) is 6.80. The molecular formula is C17H16N2OS. The maximum atomic E-state index is 5.84. The molecule has 0 amide bonds.